The largest absolute Gasteiger partial charge is 0.451 e. The summed E-state index contributed by atoms with van der Waals surface area (Å²) in [6, 6.07) is 12.0. The summed E-state index contributed by atoms with van der Waals surface area (Å²) in [5.74, 6) is 1.78. The van der Waals surface area contributed by atoms with E-state index in [1.54, 1.807) is 6.07 Å². The Bertz CT molecular complexity index is 692. The number of amides is 1. The van der Waals surface area contributed by atoms with Crippen molar-refractivity contribution in [2.24, 2.45) is 5.92 Å². The van der Waals surface area contributed by atoms with Crippen LogP contribution in [0.25, 0.3) is 11.3 Å². The monoisotopic (exact) mass is 310 g/mol. The van der Waals surface area contributed by atoms with Crippen molar-refractivity contribution in [3.05, 3.63) is 47.7 Å². The van der Waals surface area contributed by atoms with Gasteiger partial charge in [-0.3, -0.25) is 4.79 Å². The Hall–Kier alpha value is -2.07. The van der Waals surface area contributed by atoms with Gasteiger partial charge >= 0.3 is 0 Å². The van der Waals surface area contributed by atoms with Crippen LogP contribution >= 0.6 is 0 Å². The predicted octanol–water partition coefficient (Wildman–Crippen LogP) is 3.08. The van der Waals surface area contributed by atoms with Crippen LogP contribution in [0.5, 0.6) is 0 Å². The van der Waals surface area contributed by atoms with Crippen molar-refractivity contribution in [3.8, 4) is 11.3 Å². The maximum Gasteiger partial charge on any atom is 0.287 e. The molecule has 1 N–H and O–H groups in total. The maximum atomic E-state index is 12.4. The molecule has 1 amide bonds. The van der Waals surface area contributed by atoms with Crippen LogP contribution in [0.3, 0.4) is 0 Å². The van der Waals surface area contributed by atoms with Gasteiger partial charge in [0.2, 0.25) is 0 Å². The summed E-state index contributed by atoms with van der Waals surface area (Å²) >= 11 is 0. The number of benzene rings is 1. The summed E-state index contributed by atoms with van der Waals surface area (Å²) in [5.41, 5.74) is 2.21. The molecule has 2 fully saturated rings. The third-order valence-corrected chi connectivity index (χ3v) is 4.97. The molecule has 1 aromatic heterocycles. The average Bonchev–Trinajstić information content (AvgIpc) is 3.15. The molecule has 0 saturated carbocycles. The molecule has 3 heterocycles. The molecule has 2 bridgehead atoms. The van der Waals surface area contributed by atoms with Crippen molar-refractivity contribution in [2.45, 2.75) is 25.8 Å². The number of piperidine rings is 1. The lowest BCUT2D eigenvalue weighted by Crippen LogP contribution is -2.46. The first-order chi connectivity index (χ1) is 11.2. The SMILES string of the molecule is Cc1ccc(-c2ccc(C(=O)N[C@@H]3C[C@@H]4CCN(C4)C3)o2)cc1. The van der Waals surface area contributed by atoms with Crippen LogP contribution in [0.15, 0.2) is 40.8 Å². The van der Waals surface area contributed by atoms with Gasteiger partial charge in [-0.15, -0.1) is 0 Å². The van der Waals surface area contributed by atoms with Gasteiger partial charge in [0.15, 0.2) is 5.76 Å². The number of nitrogens with one attached hydrogen (secondary N) is 1. The highest BCUT2D eigenvalue weighted by Crippen LogP contribution is 2.27. The minimum atomic E-state index is -0.101. The number of aryl methyl sites for hydroxylation is 1. The smallest absolute Gasteiger partial charge is 0.287 e. The summed E-state index contributed by atoms with van der Waals surface area (Å²) in [6.07, 6.45) is 2.36. The van der Waals surface area contributed by atoms with E-state index in [9.17, 15) is 4.79 Å². The molecule has 3 atom stereocenters. The van der Waals surface area contributed by atoms with Crippen molar-refractivity contribution in [3.63, 3.8) is 0 Å². The number of carbonyl (C=O) groups excluding carboxylic acids is 1. The molecule has 2 aromatic rings. The zero-order valence-electron chi connectivity index (χ0n) is 13.4. The molecule has 120 valence electrons. The van der Waals surface area contributed by atoms with Gasteiger partial charge in [0.25, 0.3) is 5.91 Å². The molecule has 4 rings (SSSR count). The molecule has 23 heavy (non-hydrogen) atoms. The van der Waals surface area contributed by atoms with Crippen molar-refractivity contribution in [1.29, 1.82) is 0 Å². The van der Waals surface area contributed by atoms with E-state index in [-0.39, 0.29) is 11.9 Å². The van der Waals surface area contributed by atoms with E-state index in [0.717, 1.165) is 30.2 Å². The van der Waals surface area contributed by atoms with Crippen LogP contribution in [-0.2, 0) is 0 Å². The van der Waals surface area contributed by atoms with Crippen molar-refractivity contribution in [2.75, 3.05) is 19.6 Å². The van der Waals surface area contributed by atoms with Crippen LogP contribution in [-0.4, -0.2) is 36.5 Å². The van der Waals surface area contributed by atoms with E-state index >= 15 is 0 Å². The summed E-state index contributed by atoms with van der Waals surface area (Å²) in [7, 11) is 0. The lowest BCUT2D eigenvalue weighted by Gasteiger charge is -2.30. The fraction of sp³-hybridized carbons (Fsp3) is 0.421. The Labute approximate surface area is 136 Å². The Morgan fingerprint density at radius 2 is 2.00 bits per heavy atom. The number of nitrogens with zero attached hydrogens (tertiary/aromatic N) is 1. The van der Waals surface area contributed by atoms with Gasteiger partial charge in [-0.25, -0.2) is 0 Å². The van der Waals surface area contributed by atoms with Crippen molar-refractivity contribution < 1.29 is 9.21 Å². The van der Waals surface area contributed by atoms with Crippen LogP contribution in [0.2, 0.25) is 0 Å². The molecule has 2 saturated heterocycles. The van der Waals surface area contributed by atoms with Gasteiger partial charge in [0.05, 0.1) is 0 Å². The molecule has 2 aliphatic heterocycles. The molecule has 2 aliphatic rings. The van der Waals surface area contributed by atoms with E-state index in [4.69, 9.17) is 4.42 Å². The van der Waals surface area contributed by atoms with Gasteiger partial charge in [-0.2, -0.15) is 0 Å². The summed E-state index contributed by atoms with van der Waals surface area (Å²) in [4.78, 5) is 14.9. The van der Waals surface area contributed by atoms with Crippen LogP contribution in [0.4, 0.5) is 0 Å². The number of carbonyl (C=O) groups is 1. The number of fused-ring (bicyclic) bond motifs is 2. The zero-order valence-corrected chi connectivity index (χ0v) is 13.4. The molecule has 0 spiro atoms. The highest BCUT2D eigenvalue weighted by atomic mass is 16.3. The zero-order chi connectivity index (χ0) is 15.8. The lowest BCUT2D eigenvalue weighted by molar-refractivity contribution is 0.0882. The molecule has 1 unspecified atom stereocenters. The standard InChI is InChI=1S/C19H22N2O2/c1-13-2-4-15(5-3-13)17-6-7-18(23-17)19(22)20-16-10-14-8-9-21(11-14)12-16/h2-7,14,16H,8-12H2,1H3,(H,20,22)/t14-,16+/m0/s1. The van der Waals surface area contributed by atoms with E-state index in [1.807, 2.05) is 30.3 Å². The van der Waals surface area contributed by atoms with E-state index in [2.05, 4.69) is 17.1 Å². The molecular weight excluding hydrogens is 288 g/mol. The fourth-order valence-electron chi connectivity index (χ4n) is 3.75. The summed E-state index contributed by atoms with van der Waals surface area (Å²) < 4.78 is 5.76. The molecule has 1 aromatic carbocycles. The van der Waals surface area contributed by atoms with Crippen molar-refractivity contribution in [1.82, 2.24) is 10.2 Å². The molecule has 0 radical (unpaired) electrons. The third-order valence-electron chi connectivity index (χ3n) is 4.97. The average molecular weight is 310 g/mol. The summed E-state index contributed by atoms with van der Waals surface area (Å²) in [5, 5.41) is 3.14. The molecule has 4 nitrogen and oxygen atoms in total. The Kier molecular flexibility index (Phi) is 3.69. The van der Waals surface area contributed by atoms with E-state index in [1.165, 1.54) is 25.1 Å². The first-order valence-electron chi connectivity index (χ1n) is 8.37. The topological polar surface area (TPSA) is 45.5 Å². The highest BCUT2D eigenvalue weighted by molar-refractivity contribution is 5.92. The third kappa shape index (κ3) is 3.04. The van der Waals surface area contributed by atoms with Gasteiger partial charge in [-0.05, 0) is 44.4 Å². The summed E-state index contributed by atoms with van der Waals surface area (Å²) in [6.45, 7) is 5.39. The Morgan fingerprint density at radius 3 is 2.78 bits per heavy atom. The second kappa shape index (κ2) is 5.85. The van der Waals surface area contributed by atoms with E-state index < -0.39 is 0 Å². The van der Waals surface area contributed by atoms with Gasteiger partial charge in [-0.1, -0.05) is 29.8 Å². The Balaban J connectivity index is 1.44. The number of hydrogen-bond donors (Lipinski definition) is 1. The molecule has 4 heteroatoms. The van der Waals surface area contributed by atoms with Crippen molar-refractivity contribution >= 4 is 5.91 Å². The van der Waals surface area contributed by atoms with Crippen LogP contribution < -0.4 is 5.32 Å². The number of rotatable bonds is 3. The number of hydrogen-bond acceptors (Lipinski definition) is 3. The van der Waals surface area contributed by atoms with Crippen LogP contribution in [0, 0.1) is 12.8 Å². The van der Waals surface area contributed by atoms with Gasteiger partial charge in [0.1, 0.15) is 5.76 Å². The Morgan fingerprint density at radius 1 is 1.17 bits per heavy atom. The second-order valence-electron chi connectivity index (χ2n) is 6.85. The fourth-order valence-corrected chi connectivity index (χ4v) is 3.75. The van der Waals surface area contributed by atoms with Gasteiger partial charge < -0.3 is 14.6 Å². The highest BCUT2D eigenvalue weighted by Gasteiger charge is 2.33. The second-order valence-corrected chi connectivity index (χ2v) is 6.85. The predicted molar refractivity (Wildman–Crippen MR) is 89.3 cm³/mol. The minimum absolute atomic E-state index is 0.101. The first kappa shape index (κ1) is 14.5. The lowest BCUT2D eigenvalue weighted by atomic mass is 9.97. The number of furan rings is 1. The molecule has 0 aliphatic carbocycles. The molecular formula is C19H22N2O2. The quantitative estimate of drug-likeness (QED) is 0.947. The van der Waals surface area contributed by atoms with Crippen LogP contribution in [0.1, 0.15) is 29.0 Å². The van der Waals surface area contributed by atoms with E-state index in [0.29, 0.717) is 5.76 Å². The van der Waals surface area contributed by atoms with Gasteiger partial charge in [0, 0.05) is 24.7 Å². The minimum Gasteiger partial charge on any atom is -0.451 e. The normalized spacial score (nSPS) is 26.2. The first-order valence-corrected chi connectivity index (χ1v) is 8.37. The maximum absolute atomic E-state index is 12.4.